The van der Waals surface area contributed by atoms with Crippen LogP contribution in [0.2, 0.25) is 0 Å². The minimum absolute atomic E-state index is 0.211. The van der Waals surface area contributed by atoms with E-state index < -0.39 is 0 Å². The van der Waals surface area contributed by atoms with Gasteiger partial charge in [-0.25, -0.2) is 0 Å². The molecule has 1 atom stereocenters. The molecule has 3 rings (SSSR count). The third kappa shape index (κ3) is 3.71. The molecule has 1 amide bonds. The van der Waals surface area contributed by atoms with Crippen LogP contribution in [0.4, 0.5) is 0 Å². The predicted molar refractivity (Wildman–Crippen MR) is 95.4 cm³/mol. The molecule has 4 heteroatoms. The number of ether oxygens (including phenoxy) is 1. The number of rotatable bonds is 4. The van der Waals surface area contributed by atoms with Gasteiger partial charge >= 0.3 is 0 Å². The van der Waals surface area contributed by atoms with Crippen LogP contribution in [0.1, 0.15) is 28.8 Å². The molecule has 0 saturated carbocycles. The van der Waals surface area contributed by atoms with Crippen LogP contribution in [0.3, 0.4) is 0 Å². The zero-order valence-corrected chi connectivity index (χ0v) is 13.9. The highest BCUT2D eigenvalue weighted by atomic mass is 16.5. The number of hydrogen-bond donors (Lipinski definition) is 0. The van der Waals surface area contributed by atoms with E-state index in [0.29, 0.717) is 12.2 Å². The van der Waals surface area contributed by atoms with Crippen molar-refractivity contribution >= 4 is 11.7 Å². The molecule has 1 heterocycles. The first-order valence-electron chi connectivity index (χ1n) is 8.28. The molecule has 2 aromatic rings. The van der Waals surface area contributed by atoms with Crippen LogP contribution in [-0.2, 0) is 4.74 Å². The Balaban J connectivity index is 1.96. The number of aliphatic imine (C=N–C) groups is 1. The molecule has 1 aliphatic rings. The van der Waals surface area contributed by atoms with Crippen LogP contribution in [0.25, 0.3) is 0 Å². The summed E-state index contributed by atoms with van der Waals surface area (Å²) < 4.78 is 5.35. The van der Waals surface area contributed by atoms with Crippen molar-refractivity contribution < 1.29 is 9.53 Å². The average molecular weight is 322 g/mol. The summed E-state index contributed by atoms with van der Waals surface area (Å²) in [6, 6.07) is 19.4. The van der Waals surface area contributed by atoms with Gasteiger partial charge in [0.2, 0.25) is 0 Å². The van der Waals surface area contributed by atoms with E-state index >= 15 is 0 Å². The zero-order valence-electron chi connectivity index (χ0n) is 13.9. The summed E-state index contributed by atoms with van der Waals surface area (Å²) in [5, 5.41) is 0. The summed E-state index contributed by atoms with van der Waals surface area (Å²) in [5.74, 6) is 0.529. The van der Waals surface area contributed by atoms with Crippen molar-refractivity contribution in [3.05, 3.63) is 71.8 Å². The van der Waals surface area contributed by atoms with Crippen LogP contribution >= 0.6 is 0 Å². The van der Waals surface area contributed by atoms with E-state index in [4.69, 9.17) is 4.74 Å². The number of carbonyl (C=O) groups excluding carboxylic acids is 1. The number of amidine groups is 1. The van der Waals surface area contributed by atoms with E-state index in [0.717, 1.165) is 30.8 Å². The summed E-state index contributed by atoms with van der Waals surface area (Å²) in [4.78, 5) is 19.3. The molecule has 0 bridgehead atoms. The van der Waals surface area contributed by atoms with Gasteiger partial charge in [-0.05, 0) is 25.0 Å². The monoisotopic (exact) mass is 322 g/mol. The Morgan fingerprint density at radius 3 is 2.33 bits per heavy atom. The number of benzene rings is 2. The molecule has 0 N–H and O–H groups in total. The molecule has 124 valence electrons. The van der Waals surface area contributed by atoms with Crippen molar-refractivity contribution in [1.82, 2.24) is 4.90 Å². The Morgan fingerprint density at radius 2 is 1.71 bits per heavy atom. The number of nitrogens with zero attached hydrogens (tertiary/aromatic N) is 2. The van der Waals surface area contributed by atoms with E-state index in [1.54, 1.807) is 19.2 Å². The highest BCUT2D eigenvalue weighted by Gasteiger charge is 2.28. The van der Waals surface area contributed by atoms with Gasteiger partial charge in [0.25, 0.3) is 5.91 Å². The lowest BCUT2D eigenvalue weighted by atomic mass is 10.1. The van der Waals surface area contributed by atoms with Crippen molar-refractivity contribution in [3.63, 3.8) is 0 Å². The van der Waals surface area contributed by atoms with Gasteiger partial charge in [0.15, 0.2) is 0 Å². The van der Waals surface area contributed by atoms with Gasteiger partial charge in [0.1, 0.15) is 5.84 Å². The third-order valence-corrected chi connectivity index (χ3v) is 4.27. The van der Waals surface area contributed by atoms with Crippen LogP contribution in [0.15, 0.2) is 65.7 Å². The molecule has 0 radical (unpaired) electrons. The second kappa shape index (κ2) is 7.88. The van der Waals surface area contributed by atoms with Gasteiger partial charge < -0.3 is 9.64 Å². The fraction of sp³-hybridized carbons (Fsp3) is 0.300. The topological polar surface area (TPSA) is 41.9 Å². The number of methoxy groups -OCH3 is 1. The van der Waals surface area contributed by atoms with Gasteiger partial charge in [0.05, 0.1) is 12.6 Å². The Hall–Kier alpha value is -2.46. The minimum atomic E-state index is -0.211. The Kier molecular flexibility index (Phi) is 5.39. The summed E-state index contributed by atoms with van der Waals surface area (Å²) in [5.41, 5.74) is 1.57. The van der Waals surface area contributed by atoms with E-state index in [1.165, 1.54) is 0 Å². The third-order valence-electron chi connectivity index (χ3n) is 4.27. The molecule has 0 aliphatic carbocycles. The summed E-state index contributed by atoms with van der Waals surface area (Å²) in [6.07, 6.45) is 2.14. The van der Waals surface area contributed by atoms with Crippen LogP contribution in [0.5, 0.6) is 0 Å². The quantitative estimate of drug-likeness (QED) is 0.640. The standard InChI is InChI=1S/C20H22N2O2/c1-24-15-18-13-8-14-22(18)19(16-9-4-2-5-10-16)21-20(23)17-11-6-3-7-12-17/h2-7,9-12,18H,8,13-15H2,1H3/t18-/m1/s1. The molecule has 0 spiro atoms. The maximum absolute atomic E-state index is 12.6. The van der Waals surface area contributed by atoms with Crippen molar-refractivity contribution in [3.8, 4) is 0 Å². The lowest BCUT2D eigenvalue weighted by molar-refractivity contribution is 0.0999. The zero-order chi connectivity index (χ0) is 16.8. The van der Waals surface area contributed by atoms with E-state index in [-0.39, 0.29) is 11.9 Å². The van der Waals surface area contributed by atoms with E-state index in [1.807, 2.05) is 48.5 Å². The van der Waals surface area contributed by atoms with Gasteiger partial charge in [-0.2, -0.15) is 4.99 Å². The van der Waals surface area contributed by atoms with Crippen LogP contribution in [-0.4, -0.2) is 42.9 Å². The van der Waals surface area contributed by atoms with Crippen molar-refractivity contribution in [2.24, 2.45) is 4.99 Å². The lowest BCUT2D eigenvalue weighted by Gasteiger charge is -2.27. The maximum Gasteiger partial charge on any atom is 0.278 e. The van der Waals surface area contributed by atoms with Crippen molar-refractivity contribution in [1.29, 1.82) is 0 Å². The maximum atomic E-state index is 12.6. The predicted octanol–water partition coefficient (Wildman–Crippen LogP) is 3.38. The van der Waals surface area contributed by atoms with E-state index in [2.05, 4.69) is 9.89 Å². The largest absolute Gasteiger partial charge is 0.383 e. The molecular formula is C20H22N2O2. The molecular weight excluding hydrogens is 300 g/mol. The molecule has 0 aromatic heterocycles. The summed E-state index contributed by atoms with van der Waals surface area (Å²) in [7, 11) is 1.71. The minimum Gasteiger partial charge on any atom is -0.383 e. The van der Waals surface area contributed by atoms with Gasteiger partial charge in [-0.15, -0.1) is 0 Å². The van der Waals surface area contributed by atoms with E-state index in [9.17, 15) is 4.79 Å². The van der Waals surface area contributed by atoms with Crippen LogP contribution in [0, 0.1) is 0 Å². The highest BCUT2D eigenvalue weighted by Crippen LogP contribution is 2.21. The number of amides is 1. The molecule has 24 heavy (non-hydrogen) atoms. The van der Waals surface area contributed by atoms with Crippen LogP contribution < -0.4 is 0 Å². The molecule has 4 nitrogen and oxygen atoms in total. The molecule has 2 aromatic carbocycles. The first-order chi connectivity index (χ1) is 11.8. The van der Waals surface area contributed by atoms with Gasteiger partial charge in [-0.3, -0.25) is 4.79 Å². The second-order valence-corrected chi connectivity index (χ2v) is 5.92. The molecule has 0 unspecified atom stereocenters. The number of likely N-dealkylation sites (tertiary alicyclic amines) is 1. The SMILES string of the molecule is COC[C@H]1CCCN1C(=NC(=O)c1ccccc1)c1ccccc1. The van der Waals surface area contributed by atoms with Crippen molar-refractivity contribution in [2.75, 3.05) is 20.3 Å². The fourth-order valence-electron chi connectivity index (χ4n) is 3.10. The molecule has 1 saturated heterocycles. The Bertz CT molecular complexity index is 698. The highest BCUT2D eigenvalue weighted by molar-refractivity contribution is 6.09. The Labute approximate surface area is 142 Å². The van der Waals surface area contributed by atoms with Crippen molar-refractivity contribution in [2.45, 2.75) is 18.9 Å². The van der Waals surface area contributed by atoms with Gasteiger partial charge in [0, 0.05) is 24.8 Å². The normalized spacial score (nSPS) is 18.0. The summed E-state index contributed by atoms with van der Waals surface area (Å²) >= 11 is 0. The molecule has 1 aliphatic heterocycles. The fourth-order valence-corrected chi connectivity index (χ4v) is 3.10. The number of hydrogen-bond acceptors (Lipinski definition) is 2. The lowest BCUT2D eigenvalue weighted by Crippen LogP contribution is -2.39. The smallest absolute Gasteiger partial charge is 0.278 e. The average Bonchev–Trinajstić information content (AvgIpc) is 3.09. The summed E-state index contributed by atoms with van der Waals surface area (Å²) in [6.45, 7) is 1.54. The number of carbonyl (C=O) groups is 1. The molecule has 1 fully saturated rings. The van der Waals surface area contributed by atoms with Gasteiger partial charge in [-0.1, -0.05) is 48.5 Å². The Morgan fingerprint density at radius 1 is 1.08 bits per heavy atom. The first kappa shape index (κ1) is 16.4. The second-order valence-electron chi connectivity index (χ2n) is 5.92. The first-order valence-corrected chi connectivity index (χ1v) is 8.28.